The maximum atomic E-state index is 6.05. The SMILES string of the molecule is CNCC1CCC(Oc2ccc(Cl)cc2C)C1. The average molecular weight is 254 g/mol. The van der Waals surface area contributed by atoms with Crippen LogP contribution in [0.15, 0.2) is 18.2 Å². The molecule has 1 aliphatic rings. The van der Waals surface area contributed by atoms with Crippen LogP contribution >= 0.6 is 11.6 Å². The minimum absolute atomic E-state index is 0.369. The molecule has 1 saturated carbocycles. The maximum absolute atomic E-state index is 6.05. The van der Waals surface area contributed by atoms with Crippen LogP contribution in [0, 0.1) is 12.8 Å². The quantitative estimate of drug-likeness (QED) is 0.888. The molecular weight excluding hydrogens is 234 g/mol. The second kappa shape index (κ2) is 5.74. The zero-order chi connectivity index (χ0) is 12.3. The number of benzene rings is 1. The minimum atomic E-state index is 0.369. The van der Waals surface area contributed by atoms with Crippen molar-refractivity contribution in [2.75, 3.05) is 13.6 Å². The fourth-order valence-corrected chi connectivity index (χ4v) is 2.76. The van der Waals surface area contributed by atoms with Gasteiger partial charge in [0, 0.05) is 5.02 Å². The summed E-state index contributed by atoms with van der Waals surface area (Å²) in [6.07, 6.45) is 3.95. The highest BCUT2D eigenvalue weighted by molar-refractivity contribution is 6.30. The Kier molecular flexibility index (Phi) is 4.30. The lowest BCUT2D eigenvalue weighted by Gasteiger charge is -2.16. The van der Waals surface area contributed by atoms with E-state index in [0.717, 1.165) is 41.6 Å². The van der Waals surface area contributed by atoms with E-state index in [1.807, 2.05) is 32.2 Å². The van der Waals surface area contributed by atoms with Gasteiger partial charge in [-0.2, -0.15) is 0 Å². The Labute approximate surface area is 108 Å². The first-order valence-electron chi connectivity index (χ1n) is 6.26. The van der Waals surface area contributed by atoms with Crippen molar-refractivity contribution in [2.45, 2.75) is 32.3 Å². The topological polar surface area (TPSA) is 21.3 Å². The Morgan fingerprint density at radius 1 is 1.41 bits per heavy atom. The summed E-state index contributed by atoms with van der Waals surface area (Å²) in [7, 11) is 2.01. The second-order valence-corrected chi connectivity index (χ2v) is 5.32. The third-order valence-corrected chi connectivity index (χ3v) is 3.65. The normalized spacial score (nSPS) is 23.9. The second-order valence-electron chi connectivity index (χ2n) is 4.89. The van der Waals surface area contributed by atoms with Crippen LogP contribution in [-0.4, -0.2) is 19.7 Å². The number of hydrogen-bond acceptors (Lipinski definition) is 2. The van der Waals surface area contributed by atoms with Crippen molar-refractivity contribution in [1.29, 1.82) is 0 Å². The van der Waals surface area contributed by atoms with Gasteiger partial charge in [0.25, 0.3) is 0 Å². The van der Waals surface area contributed by atoms with Crippen molar-refractivity contribution in [3.05, 3.63) is 28.8 Å². The number of ether oxygens (including phenoxy) is 1. The summed E-state index contributed by atoms with van der Waals surface area (Å²) in [4.78, 5) is 0. The highest BCUT2D eigenvalue weighted by Crippen LogP contribution is 2.30. The molecule has 94 valence electrons. The summed E-state index contributed by atoms with van der Waals surface area (Å²) < 4.78 is 6.05. The molecule has 1 aliphatic carbocycles. The standard InChI is InChI=1S/C14H20ClNO/c1-10-7-12(15)4-6-14(10)17-13-5-3-11(8-13)9-16-2/h4,6-7,11,13,16H,3,5,8-9H2,1-2H3. The Balaban J connectivity index is 1.93. The summed E-state index contributed by atoms with van der Waals surface area (Å²) in [5, 5.41) is 4.01. The van der Waals surface area contributed by atoms with Gasteiger partial charge in [0.05, 0.1) is 6.10 Å². The van der Waals surface area contributed by atoms with Crippen molar-refractivity contribution >= 4 is 11.6 Å². The van der Waals surface area contributed by atoms with E-state index in [4.69, 9.17) is 16.3 Å². The Bertz CT molecular complexity index is 380. The molecule has 0 amide bonds. The zero-order valence-corrected chi connectivity index (χ0v) is 11.3. The van der Waals surface area contributed by atoms with Gasteiger partial charge in [0.1, 0.15) is 5.75 Å². The van der Waals surface area contributed by atoms with E-state index in [0.29, 0.717) is 6.10 Å². The molecule has 2 unspecified atom stereocenters. The summed E-state index contributed by atoms with van der Waals surface area (Å²) in [6, 6.07) is 5.82. The number of hydrogen-bond donors (Lipinski definition) is 1. The van der Waals surface area contributed by atoms with Crippen LogP contribution in [-0.2, 0) is 0 Å². The van der Waals surface area contributed by atoms with Crippen molar-refractivity contribution in [2.24, 2.45) is 5.92 Å². The number of rotatable bonds is 4. The number of nitrogens with one attached hydrogen (secondary N) is 1. The highest BCUT2D eigenvalue weighted by atomic mass is 35.5. The van der Waals surface area contributed by atoms with Crippen LogP contribution in [0.5, 0.6) is 5.75 Å². The molecule has 0 heterocycles. The lowest BCUT2D eigenvalue weighted by molar-refractivity contribution is 0.202. The largest absolute Gasteiger partial charge is 0.490 e. The first-order valence-corrected chi connectivity index (χ1v) is 6.64. The molecule has 2 atom stereocenters. The fraction of sp³-hybridized carbons (Fsp3) is 0.571. The van der Waals surface area contributed by atoms with Gasteiger partial charge in [-0.15, -0.1) is 0 Å². The molecule has 3 heteroatoms. The zero-order valence-electron chi connectivity index (χ0n) is 10.5. The first-order chi connectivity index (χ1) is 8.19. The van der Waals surface area contributed by atoms with E-state index in [-0.39, 0.29) is 0 Å². The highest BCUT2D eigenvalue weighted by Gasteiger charge is 2.25. The average Bonchev–Trinajstić information content (AvgIpc) is 2.71. The Morgan fingerprint density at radius 3 is 2.94 bits per heavy atom. The summed E-state index contributed by atoms with van der Waals surface area (Å²) in [6.45, 7) is 3.14. The van der Waals surface area contributed by atoms with Crippen LogP contribution in [0.1, 0.15) is 24.8 Å². The van der Waals surface area contributed by atoms with E-state index >= 15 is 0 Å². The van der Waals surface area contributed by atoms with Gasteiger partial charge >= 0.3 is 0 Å². The van der Waals surface area contributed by atoms with Gasteiger partial charge < -0.3 is 10.1 Å². The van der Waals surface area contributed by atoms with Crippen LogP contribution in [0.25, 0.3) is 0 Å². The molecule has 1 aromatic carbocycles. The Hall–Kier alpha value is -0.730. The molecule has 1 aromatic rings. The maximum Gasteiger partial charge on any atom is 0.122 e. The van der Waals surface area contributed by atoms with Gasteiger partial charge in [-0.1, -0.05) is 11.6 Å². The molecule has 0 saturated heterocycles. The van der Waals surface area contributed by atoms with Crippen molar-refractivity contribution < 1.29 is 4.74 Å². The summed E-state index contributed by atoms with van der Waals surface area (Å²) in [5.74, 6) is 1.74. The number of halogens is 1. The van der Waals surface area contributed by atoms with Crippen LogP contribution in [0.4, 0.5) is 0 Å². The van der Waals surface area contributed by atoms with Crippen molar-refractivity contribution in [3.8, 4) is 5.75 Å². The van der Waals surface area contributed by atoms with E-state index in [1.54, 1.807) is 0 Å². The van der Waals surface area contributed by atoms with Crippen LogP contribution in [0.3, 0.4) is 0 Å². The molecule has 2 nitrogen and oxygen atoms in total. The molecular formula is C14H20ClNO. The first kappa shape index (κ1) is 12.7. The third kappa shape index (κ3) is 3.36. The minimum Gasteiger partial charge on any atom is -0.490 e. The van der Waals surface area contributed by atoms with Gasteiger partial charge in [-0.05, 0) is 69.5 Å². The van der Waals surface area contributed by atoms with E-state index < -0.39 is 0 Å². The van der Waals surface area contributed by atoms with Crippen LogP contribution in [0.2, 0.25) is 5.02 Å². The van der Waals surface area contributed by atoms with E-state index in [9.17, 15) is 0 Å². The molecule has 0 spiro atoms. The van der Waals surface area contributed by atoms with Crippen molar-refractivity contribution in [1.82, 2.24) is 5.32 Å². The fourth-order valence-electron chi connectivity index (χ4n) is 2.53. The lowest BCUT2D eigenvalue weighted by Crippen LogP contribution is -2.19. The van der Waals surface area contributed by atoms with E-state index in [2.05, 4.69) is 5.32 Å². The molecule has 1 N–H and O–H groups in total. The molecule has 0 aliphatic heterocycles. The van der Waals surface area contributed by atoms with Gasteiger partial charge in [0.15, 0.2) is 0 Å². The molecule has 0 bridgehead atoms. The Morgan fingerprint density at radius 2 is 2.24 bits per heavy atom. The smallest absolute Gasteiger partial charge is 0.122 e. The third-order valence-electron chi connectivity index (χ3n) is 3.42. The molecule has 1 fully saturated rings. The molecule has 2 rings (SSSR count). The van der Waals surface area contributed by atoms with Gasteiger partial charge in [0.2, 0.25) is 0 Å². The van der Waals surface area contributed by atoms with Gasteiger partial charge in [-0.25, -0.2) is 0 Å². The van der Waals surface area contributed by atoms with Crippen molar-refractivity contribution in [3.63, 3.8) is 0 Å². The molecule has 0 aromatic heterocycles. The monoisotopic (exact) mass is 253 g/mol. The predicted molar refractivity (Wildman–Crippen MR) is 71.9 cm³/mol. The van der Waals surface area contributed by atoms with Crippen LogP contribution < -0.4 is 10.1 Å². The number of aryl methyl sites for hydroxylation is 1. The van der Waals surface area contributed by atoms with E-state index in [1.165, 1.54) is 6.42 Å². The van der Waals surface area contributed by atoms with Gasteiger partial charge in [-0.3, -0.25) is 0 Å². The summed E-state index contributed by atoms with van der Waals surface area (Å²) in [5.41, 5.74) is 1.12. The molecule has 0 radical (unpaired) electrons. The molecule has 17 heavy (non-hydrogen) atoms. The summed E-state index contributed by atoms with van der Waals surface area (Å²) >= 11 is 5.93. The lowest BCUT2D eigenvalue weighted by atomic mass is 10.1. The predicted octanol–water partition coefficient (Wildman–Crippen LogP) is 3.42.